The van der Waals surface area contributed by atoms with Crippen molar-refractivity contribution in [3.05, 3.63) is 29.8 Å². The molecule has 0 aliphatic heterocycles. The van der Waals surface area contributed by atoms with Gasteiger partial charge < -0.3 is 15.5 Å². The quantitative estimate of drug-likeness (QED) is 0.741. The third kappa shape index (κ3) is 5.02. The highest BCUT2D eigenvalue weighted by atomic mass is 35.5. The lowest BCUT2D eigenvalue weighted by Crippen LogP contribution is -2.27. The molecular weight excluding hydrogens is 214 g/mol. The number of phenols is 1. The number of phenolic OH excluding ortho intramolecular Hbond substituents is 1. The maximum absolute atomic E-state index is 9.72. The maximum atomic E-state index is 9.72. The Balaban J connectivity index is 0.00000196. The Hall–Kier alpha value is -0.770. The molecule has 0 unspecified atom stereocenters. The van der Waals surface area contributed by atoms with Crippen molar-refractivity contribution in [1.29, 1.82) is 0 Å². The minimum Gasteiger partial charge on any atom is -0.508 e. The van der Waals surface area contributed by atoms with Gasteiger partial charge in [0.1, 0.15) is 5.75 Å². The fourth-order valence-corrected chi connectivity index (χ4v) is 1.16. The summed E-state index contributed by atoms with van der Waals surface area (Å²) in [5.74, 6) is 0.220. The molecule has 86 valence electrons. The number of aliphatic hydroxyl groups is 1. The van der Waals surface area contributed by atoms with Crippen LogP contribution < -0.4 is 5.32 Å². The van der Waals surface area contributed by atoms with E-state index in [1.165, 1.54) is 0 Å². The van der Waals surface area contributed by atoms with Crippen LogP contribution in [0.1, 0.15) is 25.5 Å². The van der Waals surface area contributed by atoms with E-state index in [2.05, 4.69) is 5.32 Å². The lowest BCUT2D eigenvalue weighted by atomic mass is 10.1. The lowest BCUT2D eigenvalue weighted by molar-refractivity contribution is 0.171. The van der Waals surface area contributed by atoms with Crippen molar-refractivity contribution in [1.82, 2.24) is 5.32 Å². The Labute approximate surface area is 96.5 Å². The predicted octanol–water partition coefficient (Wildman–Crippen LogP) is 1.85. The fourth-order valence-electron chi connectivity index (χ4n) is 1.16. The Kier molecular flexibility index (Phi) is 6.32. The van der Waals surface area contributed by atoms with Crippen LogP contribution >= 0.6 is 12.4 Å². The van der Waals surface area contributed by atoms with Gasteiger partial charge in [-0.05, 0) is 17.7 Å². The van der Waals surface area contributed by atoms with E-state index in [9.17, 15) is 5.11 Å². The monoisotopic (exact) mass is 231 g/mol. The molecule has 0 amide bonds. The second-order valence-corrected chi connectivity index (χ2v) is 3.67. The Bertz CT molecular complexity index is 274. The van der Waals surface area contributed by atoms with E-state index in [-0.39, 0.29) is 18.2 Å². The van der Waals surface area contributed by atoms with E-state index in [4.69, 9.17) is 5.11 Å². The zero-order valence-corrected chi connectivity index (χ0v) is 9.79. The summed E-state index contributed by atoms with van der Waals surface area (Å²) in [5, 5.41) is 21.9. The van der Waals surface area contributed by atoms with Gasteiger partial charge in [0.05, 0.1) is 6.10 Å². The number of hydrogen-bond acceptors (Lipinski definition) is 3. The number of nitrogens with one attached hydrogen (secondary N) is 1. The summed E-state index contributed by atoms with van der Waals surface area (Å²) in [6.07, 6.45) is -0.516. The Morgan fingerprint density at radius 1 is 1.20 bits per heavy atom. The van der Waals surface area contributed by atoms with Crippen LogP contribution in [0.3, 0.4) is 0 Å². The van der Waals surface area contributed by atoms with Crippen molar-refractivity contribution >= 4 is 12.4 Å². The number of benzene rings is 1. The van der Waals surface area contributed by atoms with Gasteiger partial charge in [0.2, 0.25) is 0 Å². The zero-order chi connectivity index (χ0) is 10.6. The summed E-state index contributed by atoms with van der Waals surface area (Å²) < 4.78 is 0. The van der Waals surface area contributed by atoms with Gasteiger partial charge in [-0.1, -0.05) is 26.0 Å². The third-order valence-corrected chi connectivity index (χ3v) is 2.00. The average Bonchev–Trinajstić information content (AvgIpc) is 2.15. The summed E-state index contributed by atoms with van der Waals surface area (Å²) in [6.45, 7) is 4.59. The molecule has 15 heavy (non-hydrogen) atoms. The van der Waals surface area contributed by atoms with Crippen molar-refractivity contribution in [2.24, 2.45) is 0 Å². The maximum Gasteiger partial charge on any atom is 0.115 e. The van der Waals surface area contributed by atoms with Gasteiger partial charge in [-0.25, -0.2) is 0 Å². The summed E-state index contributed by atoms with van der Waals surface area (Å²) in [5.41, 5.74) is 0.816. The normalized spacial score (nSPS) is 12.3. The molecule has 0 fully saturated rings. The molecule has 1 aromatic rings. The molecular formula is C11H18ClNO2. The van der Waals surface area contributed by atoms with Gasteiger partial charge in [0, 0.05) is 12.6 Å². The van der Waals surface area contributed by atoms with Gasteiger partial charge in [-0.2, -0.15) is 0 Å². The molecule has 1 rings (SSSR count). The van der Waals surface area contributed by atoms with Crippen molar-refractivity contribution in [3.8, 4) is 5.75 Å². The molecule has 0 aromatic heterocycles. The standard InChI is InChI=1S/C11H17NO2.ClH/c1-8(2)12-7-11(14)9-3-5-10(13)6-4-9;/h3-6,8,11-14H,7H2,1-2H3;1H/t11-;/m0./s1. The minimum absolute atomic E-state index is 0. The van der Waals surface area contributed by atoms with Crippen LogP contribution in [0, 0.1) is 0 Å². The highest BCUT2D eigenvalue weighted by Gasteiger charge is 2.07. The first kappa shape index (κ1) is 14.2. The van der Waals surface area contributed by atoms with Crippen molar-refractivity contribution in [2.75, 3.05) is 6.54 Å². The minimum atomic E-state index is -0.516. The first-order chi connectivity index (χ1) is 6.59. The van der Waals surface area contributed by atoms with Crippen molar-refractivity contribution in [2.45, 2.75) is 26.0 Å². The van der Waals surface area contributed by atoms with Gasteiger partial charge >= 0.3 is 0 Å². The van der Waals surface area contributed by atoms with Gasteiger partial charge in [0.25, 0.3) is 0 Å². The molecule has 0 bridgehead atoms. The molecule has 3 nitrogen and oxygen atoms in total. The van der Waals surface area contributed by atoms with Crippen LogP contribution in [0.5, 0.6) is 5.75 Å². The van der Waals surface area contributed by atoms with E-state index in [1.807, 2.05) is 13.8 Å². The fraction of sp³-hybridized carbons (Fsp3) is 0.455. The molecule has 0 heterocycles. The van der Waals surface area contributed by atoms with Crippen LogP contribution in [-0.2, 0) is 0 Å². The molecule has 1 aromatic carbocycles. The first-order valence-corrected chi connectivity index (χ1v) is 4.80. The Morgan fingerprint density at radius 3 is 2.20 bits per heavy atom. The van der Waals surface area contributed by atoms with Crippen LogP contribution in [0.15, 0.2) is 24.3 Å². The molecule has 0 aliphatic rings. The smallest absolute Gasteiger partial charge is 0.115 e. The molecule has 0 saturated carbocycles. The summed E-state index contributed by atoms with van der Waals surface area (Å²) >= 11 is 0. The second-order valence-electron chi connectivity index (χ2n) is 3.67. The Morgan fingerprint density at radius 2 is 1.73 bits per heavy atom. The van der Waals surface area contributed by atoms with Crippen LogP contribution in [-0.4, -0.2) is 22.8 Å². The van der Waals surface area contributed by atoms with Crippen LogP contribution in [0.4, 0.5) is 0 Å². The van der Waals surface area contributed by atoms with E-state index in [1.54, 1.807) is 24.3 Å². The van der Waals surface area contributed by atoms with E-state index >= 15 is 0 Å². The topological polar surface area (TPSA) is 52.5 Å². The lowest BCUT2D eigenvalue weighted by Gasteiger charge is -2.14. The van der Waals surface area contributed by atoms with E-state index < -0.39 is 6.10 Å². The van der Waals surface area contributed by atoms with E-state index in [0.717, 1.165) is 5.56 Å². The van der Waals surface area contributed by atoms with E-state index in [0.29, 0.717) is 12.6 Å². The summed E-state index contributed by atoms with van der Waals surface area (Å²) in [4.78, 5) is 0. The number of aromatic hydroxyl groups is 1. The van der Waals surface area contributed by atoms with Gasteiger partial charge in [-0.15, -0.1) is 12.4 Å². The molecule has 0 radical (unpaired) electrons. The number of hydrogen-bond donors (Lipinski definition) is 3. The van der Waals surface area contributed by atoms with Crippen molar-refractivity contribution in [3.63, 3.8) is 0 Å². The number of aliphatic hydroxyl groups excluding tert-OH is 1. The SMILES string of the molecule is CC(C)NC[C@H](O)c1ccc(O)cc1.Cl. The van der Waals surface area contributed by atoms with Crippen LogP contribution in [0.25, 0.3) is 0 Å². The average molecular weight is 232 g/mol. The second kappa shape index (κ2) is 6.67. The summed E-state index contributed by atoms with van der Waals surface area (Å²) in [7, 11) is 0. The molecule has 3 N–H and O–H groups in total. The third-order valence-electron chi connectivity index (χ3n) is 2.00. The van der Waals surface area contributed by atoms with Crippen LogP contribution in [0.2, 0.25) is 0 Å². The predicted molar refractivity (Wildman–Crippen MR) is 63.5 cm³/mol. The number of rotatable bonds is 4. The molecule has 0 aliphatic carbocycles. The van der Waals surface area contributed by atoms with Gasteiger partial charge in [0.15, 0.2) is 0 Å². The van der Waals surface area contributed by atoms with Gasteiger partial charge in [-0.3, -0.25) is 0 Å². The zero-order valence-electron chi connectivity index (χ0n) is 8.97. The first-order valence-electron chi connectivity index (χ1n) is 4.80. The largest absolute Gasteiger partial charge is 0.508 e. The highest BCUT2D eigenvalue weighted by molar-refractivity contribution is 5.85. The molecule has 0 spiro atoms. The number of halogens is 1. The summed E-state index contributed by atoms with van der Waals surface area (Å²) in [6, 6.07) is 6.97. The highest BCUT2D eigenvalue weighted by Crippen LogP contribution is 2.15. The van der Waals surface area contributed by atoms with Crippen molar-refractivity contribution < 1.29 is 10.2 Å². The molecule has 1 atom stereocenters. The molecule has 0 saturated heterocycles. The molecule has 4 heteroatoms.